The molecule has 0 aliphatic heterocycles. The Kier molecular flexibility index (Phi) is 13.9. The van der Waals surface area contributed by atoms with E-state index in [9.17, 15) is 18.9 Å². The first-order chi connectivity index (χ1) is 7.64. The van der Waals surface area contributed by atoms with E-state index in [-0.39, 0.29) is 18.8 Å². The molecule has 0 rings (SSSR count). The standard InChI is InChI=1S/C8H21NO6P2.2H3N/c1-2-3-4-5-6-9(7-16(10,11)12)8-17(13,14)15;;/h2-8H2,1H3,(H2,10,11,12)(H2,13,14,15);2*1H3. The lowest BCUT2D eigenvalue weighted by Crippen LogP contribution is -2.33. The van der Waals surface area contributed by atoms with Gasteiger partial charge >= 0.3 is 7.60 Å². The fraction of sp³-hybridized carbons (Fsp3) is 1.00. The Balaban J connectivity index is -0.00000128. The molecule has 0 amide bonds. The van der Waals surface area contributed by atoms with E-state index < -0.39 is 27.8 Å². The van der Waals surface area contributed by atoms with Crippen molar-refractivity contribution < 1.29 is 28.7 Å². The van der Waals surface area contributed by atoms with Crippen molar-refractivity contribution in [1.82, 2.24) is 17.2 Å². The summed E-state index contributed by atoms with van der Waals surface area (Å²) in [7, 11) is -9.12. The van der Waals surface area contributed by atoms with Gasteiger partial charge in [0.15, 0.2) is 0 Å². The van der Waals surface area contributed by atoms with Crippen LogP contribution in [0.2, 0.25) is 0 Å². The molecule has 0 aliphatic carbocycles. The summed E-state index contributed by atoms with van der Waals surface area (Å²) in [6, 6.07) is 0. The molecule has 0 saturated carbocycles. The van der Waals surface area contributed by atoms with Gasteiger partial charge in [0.2, 0.25) is 0 Å². The van der Waals surface area contributed by atoms with Crippen molar-refractivity contribution in [2.75, 3.05) is 19.1 Å². The van der Waals surface area contributed by atoms with E-state index in [4.69, 9.17) is 9.79 Å². The van der Waals surface area contributed by atoms with Crippen LogP contribution in [0.3, 0.4) is 0 Å². The summed E-state index contributed by atoms with van der Waals surface area (Å²) in [6.45, 7) is 2.22. The third kappa shape index (κ3) is 18.2. The minimum absolute atomic E-state index is 0. The zero-order chi connectivity index (χ0) is 13.5. The van der Waals surface area contributed by atoms with Crippen LogP contribution in [0.5, 0.6) is 0 Å². The molecule has 0 aliphatic rings. The number of hydrogen-bond donors (Lipinski definition) is 4. The van der Waals surface area contributed by atoms with E-state index in [1.54, 1.807) is 0 Å². The van der Waals surface area contributed by atoms with Crippen molar-refractivity contribution >= 4 is 15.2 Å². The molecule has 0 unspecified atom stereocenters. The van der Waals surface area contributed by atoms with Crippen LogP contribution < -0.4 is 22.1 Å². The van der Waals surface area contributed by atoms with Gasteiger partial charge in [-0.25, -0.2) is 0 Å². The molecule has 10 N–H and O–H groups in total. The number of nitrogens with zero attached hydrogens (tertiary/aromatic N) is 1. The van der Waals surface area contributed by atoms with Crippen LogP contribution in [0.1, 0.15) is 32.6 Å². The van der Waals surface area contributed by atoms with E-state index in [0.717, 1.165) is 24.2 Å². The maximum absolute atomic E-state index is 10.8. The van der Waals surface area contributed by atoms with Crippen LogP contribution in [0.15, 0.2) is 0 Å². The molecule has 0 aromatic rings. The molecule has 120 valence electrons. The van der Waals surface area contributed by atoms with Crippen molar-refractivity contribution in [2.45, 2.75) is 32.6 Å². The van der Waals surface area contributed by atoms with Crippen LogP contribution in [0, 0.1) is 0 Å². The molecule has 0 atom stereocenters. The minimum Gasteiger partial charge on any atom is -0.810 e. The molecular weight excluding hydrogens is 296 g/mol. The van der Waals surface area contributed by atoms with Crippen molar-refractivity contribution in [3.63, 3.8) is 0 Å². The van der Waals surface area contributed by atoms with Crippen molar-refractivity contribution in [3.8, 4) is 0 Å². The number of rotatable bonds is 9. The quantitative estimate of drug-likeness (QED) is 0.352. The zero-order valence-electron chi connectivity index (χ0n) is 11.8. The third-order valence-electron chi connectivity index (χ3n) is 2.09. The maximum Gasteiger partial charge on any atom is 0.339 e. The SMILES string of the molecule is CCCCCCN(CP(=O)([O-])[O-])CP(=O)(O)O.[NH4+].[NH4+]. The van der Waals surface area contributed by atoms with E-state index in [2.05, 4.69) is 0 Å². The summed E-state index contributed by atoms with van der Waals surface area (Å²) in [6.07, 6.45) is 1.91. The maximum atomic E-state index is 10.8. The second-order valence-electron chi connectivity index (χ2n) is 4.01. The highest BCUT2D eigenvalue weighted by atomic mass is 31.2. The van der Waals surface area contributed by atoms with Gasteiger partial charge in [-0.15, -0.1) is 0 Å². The molecule has 0 radical (unpaired) electrons. The zero-order valence-corrected chi connectivity index (χ0v) is 13.6. The summed E-state index contributed by atoms with van der Waals surface area (Å²) in [5, 5.41) is 0. The smallest absolute Gasteiger partial charge is 0.339 e. The van der Waals surface area contributed by atoms with Crippen molar-refractivity contribution in [3.05, 3.63) is 0 Å². The Hall–Kier alpha value is 0.180. The molecule has 0 aromatic carbocycles. The van der Waals surface area contributed by atoms with Gasteiger partial charge in [-0.2, -0.15) is 0 Å². The summed E-state index contributed by atoms with van der Waals surface area (Å²) < 4.78 is 21.4. The predicted octanol–water partition coefficient (Wildman–Crippen LogP) is 0.628. The lowest BCUT2D eigenvalue weighted by molar-refractivity contribution is -0.315. The van der Waals surface area contributed by atoms with Gasteiger partial charge in [0.25, 0.3) is 0 Å². The third-order valence-corrected chi connectivity index (χ3v) is 3.60. The van der Waals surface area contributed by atoms with E-state index in [1.165, 1.54) is 0 Å². The van der Waals surface area contributed by atoms with E-state index in [0.29, 0.717) is 6.42 Å². The molecule has 0 heterocycles. The number of hydrogen-bond acceptors (Lipinski definition) is 5. The van der Waals surface area contributed by atoms with Gasteiger partial charge in [0.1, 0.15) is 6.29 Å². The van der Waals surface area contributed by atoms with Crippen LogP contribution in [0.25, 0.3) is 0 Å². The van der Waals surface area contributed by atoms with E-state index >= 15 is 0 Å². The fourth-order valence-corrected chi connectivity index (χ4v) is 3.11. The van der Waals surface area contributed by atoms with Gasteiger partial charge in [0, 0.05) is 6.29 Å². The Morgan fingerprint density at radius 1 is 1.00 bits per heavy atom. The Morgan fingerprint density at radius 3 is 1.89 bits per heavy atom. The summed E-state index contributed by atoms with van der Waals surface area (Å²) in [5.41, 5.74) is 0. The van der Waals surface area contributed by atoms with Crippen LogP contribution in [-0.4, -0.2) is 33.8 Å². The van der Waals surface area contributed by atoms with E-state index in [1.807, 2.05) is 6.92 Å². The van der Waals surface area contributed by atoms with Gasteiger partial charge in [-0.3, -0.25) is 9.46 Å². The largest absolute Gasteiger partial charge is 0.810 e. The Labute approximate surface area is 113 Å². The summed E-state index contributed by atoms with van der Waals surface area (Å²) >= 11 is 0. The first kappa shape index (κ1) is 24.2. The van der Waals surface area contributed by atoms with Crippen LogP contribution in [0.4, 0.5) is 0 Å². The molecule has 0 spiro atoms. The molecule has 0 fully saturated rings. The highest BCUT2D eigenvalue weighted by Gasteiger charge is 2.19. The highest BCUT2D eigenvalue weighted by molar-refractivity contribution is 7.51. The van der Waals surface area contributed by atoms with Crippen molar-refractivity contribution in [1.29, 1.82) is 0 Å². The molecular formula is C8H27N3O6P2. The monoisotopic (exact) mass is 323 g/mol. The van der Waals surface area contributed by atoms with Crippen LogP contribution in [-0.2, 0) is 9.13 Å². The molecule has 9 nitrogen and oxygen atoms in total. The molecule has 0 aromatic heterocycles. The normalized spacial score (nSPS) is 11.9. The lowest BCUT2D eigenvalue weighted by atomic mass is 10.2. The van der Waals surface area contributed by atoms with Gasteiger partial charge < -0.3 is 36.4 Å². The number of unbranched alkanes of at least 4 members (excludes halogenated alkanes) is 3. The lowest BCUT2D eigenvalue weighted by Gasteiger charge is -2.35. The first-order valence-corrected chi connectivity index (χ1v) is 8.94. The second-order valence-corrected chi connectivity index (χ2v) is 7.13. The molecule has 0 bridgehead atoms. The highest BCUT2D eigenvalue weighted by Crippen LogP contribution is 2.37. The first-order valence-electron chi connectivity index (χ1n) is 5.42. The van der Waals surface area contributed by atoms with Gasteiger partial charge in [-0.1, -0.05) is 33.8 Å². The molecule has 19 heavy (non-hydrogen) atoms. The predicted molar refractivity (Wildman–Crippen MR) is 72.2 cm³/mol. The Morgan fingerprint density at radius 2 is 1.53 bits per heavy atom. The van der Waals surface area contributed by atoms with Gasteiger partial charge in [0.05, 0.1) is 0 Å². The number of quaternary nitrogens is 2. The van der Waals surface area contributed by atoms with Crippen LogP contribution >= 0.6 is 15.2 Å². The molecule has 11 heteroatoms. The van der Waals surface area contributed by atoms with Gasteiger partial charge in [-0.05, 0) is 13.0 Å². The fourth-order valence-electron chi connectivity index (χ4n) is 1.45. The second kappa shape index (κ2) is 10.9. The summed E-state index contributed by atoms with van der Waals surface area (Å²) in [5.74, 6) is 0. The topological polar surface area (TPSA) is 197 Å². The molecule has 0 saturated heterocycles. The average Bonchev–Trinajstić information content (AvgIpc) is 2.06. The summed E-state index contributed by atoms with van der Waals surface area (Å²) in [4.78, 5) is 39.7. The average molecular weight is 323 g/mol. The Bertz CT molecular complexity index is 281. The minimum atomic E-state index is -4.78. The van der Waals surface area contributed by atoms with Crippen molar-refractivity contribution in [2.24, 2.45) is 0 Å².